The first-order chi connectivity index (χ1) is 17.0. The molecule has 0 spiro atoms. The summed E-state index contributed by atoms with van der Waals surface area (Å²) in [7, 11) is 0. The van der Waals surface area contributed by atoms with Crippen LogP contribution in [0, 0.1) is 6.92 Å². The van der Waals surface area contributed by atoms with E-state index in [0.717, 1.165) is 31.2 Å². The maximum Gasteiger partial charge on any atom is 0.261 e. The number of furan rings is 1. The van der Waals surface area contributed by atoms with Gasteiger partial charge in [0.05, 0.1) is 11.4 Å². The fourth-order valence-corrected chi connectivity index (χ4v) is 5.05. The van der Waals surface area contributed by atoms with E-state index >= 15 is 0 Å². The Labute approximate surface area is 209 Å². The molecule has 1 saturated carbocycles. The van der Waals surface area contributed by atoms with E-state index in [1.807, 2.05) is 42.6 Å². The number of hydrogen-bond acceptors (Lipinski definition) is 5. The van der Waals surface area contributed by atoms with Crippen LogP contribution in [0.15, 0.2) is 64.4 Å². The number of carbonyl (C=O) groups excluding carboxylic acids is 3. The summed E-state index contributed by atoms with van der Waals surface area (Å²) in [6.07, 6.45) is 5.20. The summed E-state index contributed by atoms with van der Waals surface area (Å²) in [5, 5.41) is 7.67. The smallest absolute Gasteiger partial charge is 0.261 e. The van der Waals surface area contributed by atoms with Crippen LogP contribution in [0.4, 0.5) is 0 Å². The Morgan fingerprint density at radius 2 is 1.80 bits per heavy atom. The molecule has 7 nitrogen and oxygen atoms in total. The van der Waals surface area contributed by atoms with E-state index in [-0.39, 0.29) is 36.9 Å². The summed E-state index contributed by atoms with van der Waals surface area (Å²) >= 11 is 1.31. The predicted molar refractivity (Wildman–Crippen MR) is 135 cm³/mol. The number of carbonyl (C=O) groups is 3. The van der Waals surface area contributed by atoms with Gasteiger partial charge in [-0.05, 0) is 48.9 Å². The fraction of sp³-hybridized carbons (Fsp3) is 0.370. The van der Waals surface area contributed by atoms with Gasteiger partial charge in [0, 0.05) is 12.6 Å². The zero-order chi connectivity index (χ0) is 24.6. The van der Waals surface area contributed by atoms with Gasteiger partial charge in [-0.1, -0.05) is 55.7 Å². The standard InChI is InChI=1S/C27H31N3O4S/c1-19-14-15-22(34-19)25(27(33)29-21-11-6-3-7-12-21)30(18-20-9-4-2-5-10-20)24(31)17-28-26(32)23-13-8-16-35-23/h2,4-5,8-10,13-16,21,25H,3,6-7,11-12,17-18H2,1H3,(H,28,32)(H,29,33)/t25-/m0/s1. The quantitative estimate of drug-likeness (QED) is 0.456. The fourth-order valence-electron chi connectivity index (χ4n) is 4.41. The third-order valence-corrected chi connectivity index (χ3v) is 7.07. The van der Waals surface area contributed by atoms with Crippen molar-refractivity contribution in [3.63, 3.8) is 0 Å². The van der Waals surface area contributed by atoms with Crippen molar-refractivity contribution in [3.05, 3.63) is 81.9 Å². The summed E-state index contributed by atoms with van der Waals surface area (Å²) in [6.45, 7) is 1.79. The number of aryl methyl sites for hydroxylation is 1. The van der Waals surface area contributed by atoms with E-state index in [4.69, 9.17) is 4.42 Å². The van der Waals surface area contributed by atoms with E-state index in [9.17, 15) is 14.4 Å². The summed E-state index contributed by atoms with van der Waals surface area (Å²) in [4.78, 5) is 41.7. The van der Waals surface area contributed by atoms with Crippen LogP contribution in [0.2, 0.25) is 0 Å². The molecular weight excluding hydrogens is 462 g/mol. The molecule has 0 aliphatic heterocycles. The summed E-state index contributed by atoms with van der Waals surface area (Å²) < 4.78 is 5.87. The third-order valence-electron chi connectivity index (χ3n) is 6.20. The number of nitrogens with zero attached hydrogens (tertiary/aromatic N) is 1. The van der Waals surface area contributed by atoms with Crippen LogP contribution in [0.25, 0.3) is 0 Å². The molecule has 2 N–H and O–H groups in total. The van der Waals surface area contributed by atoms with Crippen molar-refractivity contribution in [1.29, 1.82) is 0 Å². The molecular formula is C27H31N3O4S. The highest BCUT2D eigenvalue weighted by molar-refractivity contribution is 7.12. The minimum atomic E-state index is -0.947. The lowest BCUT2D eigenvalue weighted by molar-refractivity contribution is -0.142. The number of rotatable bonds is 9. The Hall–Kier alpha value is -3.39. The molecule has 8 heteroatoms. The van der Waals surface area contributed by atoms with Crippen molar-refractivity contribution in [2.45, 2.75) is 57.7 Å². The van der Waals surface area contributed by atoms with Crippen LogP contribution in [-0.4, -0.2) is 35.2 Å². The van der Waals surface area contributed by atoms with Crippen molar-refractivity contribution >= 4 is 29.1 Å². The van der Waals surface area contributed by atoms with Gasteiger partial charge >= 0.3 is 0 Å². The van der Waals surface area contributed by atoms with Crippen molar-refractivity contribution in [3.8, 4) is 0 Å². The molecule has 3 aromatic rings. The minimum Gasteiger partial charge on any atom is -0.464 e. The molecule has 2 aromatic heterocycles. The zero-order valence-corrected chi connectivity index (χ0v) is 20.7. The van der Waals surface area contributed by atoms with Crippen molar-refractivity contribution in [2.24, 2.45) is 0 Å². The van der Waals surface area contributed by atoms with Crippen LogP contribution in [0.3, 0.4) is 0 Å². The number of hydrogen-bond donors (Lipinski definition) is 2. The summed E-state index contributed by atoms with van der Waals surface area (Å²) in [5.41, 5.74) is 0.879. The van der Waals surface area contributed by atoms with Crippen LogP contribution in [0.5, 0.6) is 0 Å². The topological polar surface area (TPSA) is 91.7 Å². The van der Waals surface area contributed by atoms with Gasteiger partial charge < -0.3 is 20.0 Å². The Morgan fingerprint density at radius 1 is 1.03 bits per heavy atom. The molecule has 0 saturated heterocycles. The van der Waals surface area contributed by atoms with Crippen LogP contribution < -0.4 is 10.6 Å². The SMILES string of the molecule is Cc1ccc([C@@H](C(=O)NC2CCCCC2)N(Cc2ccccc2)C(=O)CNC(=O)c2cccs2)o1. The normalized spacial score (nSPS) is 14.8. The van der Waals surface area contributed by atoms with Crippen molar-refractivity contribution < 1.29 is 18.8 Å². The van der Waals surface area contributed by atoms with Crippen LogP contribution in [0.1, 0.15) is 64.9 Å². The molecule has 3 amide bonds. The molecule has 1 fully saturated rings. The largest absolute Gasteiger partial charge is 0.464 e. The highest BCUT2D eigenvalue weighted by atomic mass is 32.1. The molecule has 1 aliphatic rings. The first-order valence-electron chi connectivity index (χ1n) is 12.0. The first kappa shape index (κ1) is 24.7. The van der Waals surface area contributed by atoms with Crippen LogP contribution in [-0.2, 0) is 16.1 Å². The number of amides is 3. The molecule has 2 heterocycles. The Kier molecular flexibility index (Phi) is 8.36. The molecule has 35 heavy (non-hydrogen) atoms. The lowest BCUT2D eigenvalue weighted by Gasteiger charge is -2.32. The number of benzene rings is 1. The van der Waals surface area contributed by atoms with E-state index in [2.05, 4.69) is 10.6 Å². The van der Waals surface area contributed by atoms with Gasteiger partial charge in [0.1, 0.15) is 11.5 Å². The number of nitrogens with one attached hydrogen (secondary N) is 2. The molecule has 1 aromatic carbocycles. The lowest BCUT2D eigenvalue weighted by atomic mass is 9.95. The molecule has 1 aliphatic carbocycles. The highest BCUT2D eigenvalue weighted by Gasteiger charge is 2.35. The summed E-state index contributed by atoms with van der Waals surface area (Å²) in [5.74, 6) is 0.125. The van der Waals surface area contributed by atoms with E-state index in [1.54, 1.807) is 24.3 Å². The van der Waals surface area contributed by atoms with Gasteiger partial charge in [-0.15, -0.1) is 11.3 Å². The van der Waals surface area contributed by atoms with Crippen molar-refractivity contribution in [2.75, 3.05) is 6.54 Å². The van der Waals surface area contributed by atoms with E-state index in [1.165, 1.54) is 22.7 Å². The molecule has 1 atom stereocenters. The molecule has 0 radical (unpaired) electrons. The van der Waals surface area contributed by atoms with Gasteiger partial charge in [0.15, 0.2) is 6.04 Å². The summed E-state index contributed by atoms with van der Waals surface area (Å²) in [6, 6.07) is 15.7. The van der Waals surface area contributed by atoms with Gasteiger partial charge in [0.2, 0.25) is 5.91 Å². The van der Waals surface area contributed by atoms with Gasteiger partial charge in [-0.2, -0.15) is 0 Å². The Morgan fingerprint density at radius 3 is 2.46 bits per heavy atom. The Bertz CT molecular complexity index is 1120. The van der Waals surface area contributed by atoms with E-state index in [0.29, 0.717) is 16.4 Å². The maximum absolute atomic E-state index is 13.6. The second-order valence-electron chi connectivity index (χ2n) is 8.86. The van der Waals surface area contributed by atoms with Crippen LogP contribution >= 0.6 is 11.3 Å². The van der Waals surface area contributed by atoms with E-state index < -0.39 is 6.04 Å². The number of thiophene rings is 1. The Balaban J connectivity index is 1.60. The third kappa shape index (κ3) is 6.60. The average Bonchev–Trinajstić information content (AvgIpc) is 3.56. The zero-order valence-electron chi connectivity index (χ0n) is 19.9. The van der Waals surface area contributed by atoms with Gasteiger partial charge in [-0.3, -0.25) is 14.4 Å². The maximum atomic E-state index is 13.6. The lowest BCUT2D eigenvalue weighted by Crippen LogP contribution is -2.49. The first-order valence-corrected chi connectivity index (χ1v) is 12.9. The second kappa shape index (κ2) is 11.8. The molecule has 0 bridgehead atoms. The average molecular weight is 494 g/mol. The van der Waals surface area contributed by atoms with Crippen molar-refractivity contribution in [1.82, 2.24) is 15.5 Å². The minimum absolute atomic E-state index is 0.0852. The molecule has 4 rings (SSSR count). The molecule has 184 valence electrons. The van der Waals surface area contributed by atoms with Gasteiger partial charge in [-0.25, -0.2) is 0 Å². The highest BCUT2D eigenvalue weighted by Crippen LogP contribution is 2.27. The second-order valence-corrected chi connectivity index (χ2v) is 9.81. The predicted octanol–water partition coefficient (Wildman–Crippen LogP) is 4.60. The molecule has 0 unspecified atom stereocenters. The monoisotopic (exact) mass is 493 g/mol. The van der Waals surface area contributed by atoms with Gasteiger partial charge in [0.25, 0.3) is 11.8 Å².